The molecule has 0 unspecified atom stereocenters. The number of aromatic nitrogens is 2. The largest absolute Gasteiger partial charge is 0.494 e. The lowest BCUT2D eigenvalue weighted by Gasteiger charge is -2.35. The summed E-state index contributed by atoms with van der Waals surface area (Å²) < 4.78 is 16.3. The van der Waals surface area contributed by atoms with Crippen molar-refractivity contribution in [3.05, 3.63) is 126 Å². The molecule has 13 nitrogen and oxygen atoms in total. The average molecular weight is 891 g/mol. The summed E-state index contributed by atoms with van der Waals surface area (Å²) in [5, 5.41) is 25.1. The van der Waals surface area contributed by atoms with Crippen LogP contribution in [0.15, 0.2) is 103 Å². The van der Waals surface area contributed by atoms with Gasteiger partial charge in [0.15, 0.2) is 28.2 Å². The van der Waals surface area contributed by atoms with Crippen molar-refractivity contribution >= 4 is 61.3 Å². The first-order valence-corrected chi connectivity index (χ1v) is 23.2. The molecule has 0 atom stereocenters. The van der Waals surface area contributed by atoms with Crippen LogP contribution in [0.5, 0.6) is 17.2 Å². The number of rotatable bonds is 15. The number of para-hydroxylation sites is 1. The van der Waals surface area contributed by atoms with E-state index in [1.807, 2.05) is 81.5 Å². The van der Waals surface area contributed by atoms with Crippen molar-refractivity contribution in [2.75, 3.05) is 50.8 Å². The first-order valence-electron chi connectivity index (χ1n) is 20.5. The standard InChI is InChI=1S/C27H32N3O3P.C19H18N3O4P.C2H6/c1-4-6-8-20(5-2)11-12-24-23(19-28)27(22-9-7-10-25(33-3)26(22)29-24)30-16-13-21(14-17-30)15-18-34(31)32;1-25-17-7-15-16(8-18(17)26-2)21-11-13(9-20)19(15)22-10-12-3-5-14(6-4-12)27(23)24;1-2/h4-12,21,31-32H,2,13-18H2,1,3H3;3-8,11,23-24H,10H2,1-2H3,(H,21,22);1-2H3/b6-4-,12-11-,20-8+;;. The van der Waals surface area contributed by atoms with Gasteiger partial charge in [-0.25, -0.2) is 4.98 Å². The van der Waals surface area contributed by atoms with Gasteiger partial charge in [-0.05, 0) is 73.6 Å². The van der Waals surface area contributed by atoms with Crippen molar-refractivity contribution in [1.82, 2.24) is 9.97 Å². The summed E-state index contributed by atoms with van der Waals surface area (Å²) in [4.78, 5) is 48.4. The van der Waals surface area contributed by atoms with Crippen LogP contribution in [-0.4, -0.2) is 70.1 Å². The summed E-state index contributed by atoms with van der Waals surface area (Å²) in [7, 11) is 0.796. The molecular formula is C48H56N6O7P2. The van der Waals surface area contributed by atoms with Gasteiger partial charge >= 0.3 is 0 Å². The number of pyridine rings is 2. The number of nitrogens with one attached hydrogen (secondary N) is 1. The molecule has 5 N–H and O–H groups in total. The molecule has 0 spiro atoms. The molecule has 1 aliphatic rings. The Kier molecular flexibility index (Phi) is 20.0. The number of methoxy groups -OCH3 is 3. The molecule has 1 fully saturated rings. The quantitative estimate of drug-likeness (QED) is 0.0493. The summed E-state index contributed by atoms with van der Waals surface area (Å²) in [5.74, 6) is 2.24. The molecule has 5 aromatic rings. The number of benzene rings is 3. The van der Waals surface area contributed by atoms with Gasteiger partial charge in [-0.3, -0.25) is 4.98 Å². The van der Waals surface area contributed by atoms with Crippen LogP contribution in [0.3, 0.4) is 0 Å². The van der Waals surface area contributed by atoms with E-state index in [1.165, 1.54) is 6.20 Å². The minimum atomic E-state index is -2.10. The molecule has 15 heteroatoms. The Balaban J connectivity index is 0.000000272. The third-order valence-corrected chi connectivity index (χ3v) is 11.7. The maximum Gasteiger partial charge on any atom is 0.199 e. The van der Waals surface area contributed by atoms with Crippen molar-refractivity contribution in [3.63, 3.8) is 0 Å². The van der Waals surface area contributed by atoms with E-state index < -0.39 is 16.8 Å². The van der Waals surface area contributed by atoms with E-state index >= 15 is 0 Å². The highest BCUT2D eigenvalue weighted by Gasteiger charge is 2.26. The number of fused-ring (bicyclic) bond motifs is 2. The smallest absolute Gasteiger partial charge is 0.199 e. The Hall–Kier alpha value is -5.88. The van der Waals surface area contributed by atoms with Crippen molar-refractivity contribution in [1.29, 1.82) is 10.5 Å². The molecule has 1 aliphatic heterocycles. The van der Waals surface area contributed by atoms with Gasteiger partial charge in [0.1, 0.15) is 29.0 Å². The number of anilines is 2. The Labute approximate surface area is 372 Å². The molecular weight excluding hydrogens is 835 g/mol. The second kappa shape index (κ2) is 25.3. The number of ether oxygens (including phenoxy) is 3. The van der Waals surface area contributed by atoms with Crippen molar-refractivity contribution < 1.29 is 33.8 Å². The number of nitrogens with zero attached hydrogens (tertiary/aromatic N) is 5. The van der Waals surface area contributed by atoms with Gasteiger partial charge < -0.3 is 44.0 Å². The number of nitriles is 2. The van der Waals surface area contributed by atoms with Crippen LogP contribution in [0.1, 0.15) is 62.4 Å². The first kappa shape index (κ1) is 49.8. The van der Waals surface area contributed by atoms with Crippen LogP contribution < -0.4 is 29.7 Å². The normalized spacial score (nSPS) is 13.0. The summed E-state index contributed by atoms with van der Waals surface area (Å²) in [5.41, 5.74) is 6.34. The molecule has 0 radical (unpaired) electrons. The highest BCUT2D eigenvalue weighted by Crippen LogP contribution is 2.40. The lowest BCUT2D eigenvalue weighted by molar-refractivity contribution is 0.356. The van der Waals surface area contributed by atoms with E-state index in [-0.39, 0.29) is 0 Å². The predicted molar refractivity (Wildman–Crippen MR) is 257 cm³/mol. The fourth-order valence-corrected chi connectivity index (χ4v) is 8.05. The van der Waals surface area contributed by atoms with E-state index in [2.05, 4.69) is 33.9 Å². The van der Waals surface area contributed by atoms with Crippen LogP contribution in [0.4, 0.5) is 11.4 Å². The Morgan fingerprint density at radius 3 is 2.21 bits per heavy atom. The molecule has 0 saturated carbocycles. The number of hydrogen-bond acceptors (Lipinski definition) is 13. The number of hydrogen-bond donors (Lipinski definition) is 5. The van der Waals surface area contributed by atoms with Crippen LogP contribution in [0, 0.1) is 28.6 Å². The zero-order valence-electron chi connectivity index (χ0n) is 36.6. The monoisotopic (exact) mass is 890 g/mol. The van der Waals surface area contributed by atoms with E-state index in [0.717, 1.165) is 65.5 Å². The van der Waals surface area contributed by atoms with Gasteiger partial charge in [-0.1, -0.05) is 75.1 Å². The van der Waals surface area contributed by atoms with Crippen molar-refractivity contribution in [2.24, 2.45) is 5.92 Å². The Morgan fingerprint density at radius 2 is 1.62 bits per heavy atom. The lowest BCUT2D eigenvalue weighted by Crippen LogP contribution is -2.34. The molecule has 330 valence electrons. The predicted octanol–water partition coefficient (Wildman–Crippen LogP) is 9.40. The van der Waals surface area contributed by atoms with Crippen LogP contribution in [0.2, 0.25) is 0 Å². The molecule has 6 rings (SSSR count). The molecule has 0 amide bonds. The van der Waals surface area contributed by atoms with Gasteiger partial charge in [0, 0.05) is 54.1 Å². The van der Waals surface area contributed by atoms with Gasteiger partial charge in [0.05, 0.1) is 49.5 Å². The van der Waals surface area contributed by atoms with Gasteiger partial charge in [0.25, 0.3) is 0 Å². The summed E-state index contributed by atoms with van der Waals surface area (Å²) in [6, 6.07) is 20.9. The minimum absolute atomic E-state index is 0.417. The van der Waals surface area contributed by atoms with E-state index in [9.17, 15) is 30.1 Å². The maximum atomic E-state index is 10.2. The van der Waals surface area contributed by atoms with E-state index in [1.54, 1.807) is 51.7 Å². The van der Waals surface area contributed by atoms with Crippen molar-refractivity contribution in [2.45, 2.75) is 46.6 Å². The molecule has 2 aromatic heterocycles. The lowest BCUT2D eigenvalue weighted by atomic mass is 9.93. The third kappa shape index (κ3) is 13.1. The van der Waals surface area contributed by atoms with Gasteiger partial charge in [-0.2, -0.15) is 10.5 Å². The van der Waals surface area contributed by atoms with Crippen LogP contribution in [-0.2, 0) is 6.54 Å². The van der Waals surface area contributed by atoms with Gasteiger partial charge in [-0.15, -0.1) is 0 Å². The zero-order chi connectivity index (χ0) is 45.9. The Morgan fingerprint density at radius 1 is 0.937 bits per heavy atom. The number of piperidine rings is 1. The molecule has 1 saturated heterocycles. The molecule has 0 bridgehead atoms. The summed E-state index contributed by atoms with van der Waals surface area (Å²) in [6.45, 7) is 11.9. The first-order chi connectivity index (χ1) is 30.6. The maximum absolute atomic E-state index is 10.2. The highest BCUT2D eigenvalue weighted by molar-refractivity contribution is 7.54. The third-order valence-electron chi connectivity index (χ3n) is 10.3. The van der Waals surface area contributed by atoms with E-state index in [0.29, 0.717) is 69.2 Å². The number of allylic oxidation sites excluding steroid dienone is 6. The average Bonchev–Trinajstić information content (AvgIpc) is 3.32. The van der Waals surface area contributed by atoms with E-state index in [4.69, 9.17) is 19.2 Å². The molecule has 63 heavy (non-hydrogen) atoms. The molecule has 3 aromatic carbocycles. The van der Waals surface area contributed by atoms with Crippen LogP contribution in [0.25, 0.3) is 27.9 Å². The fourth-order valence-electron chi connectivity index (χ4n) is 7.03. The van der Waals surface area contributed by atoms with Crippen LogP contribution >= 0.6 is 16.8 Å². The topological polar surface area (TPSA) is 197 Å². The highest BCUT2D eigenvalue weighted by atomic mass is 31.2. The molecule has 0 aliphatic carbocycles. The fraction of sp³-hybridized carbons (Fsp3) is 0.292. The summed E-state index contributed by atoms with van der Waals surface area (Å²) >= 11 is 0. The second-order valence-corrected chi connectivity index (χ2v) is 16.2. The minimum Gasteiger partial charge on any atom is -0.494 e. The Bertz CT molecular complexity index is 2490. The summed E-state index contributed by atoms with van der Waals surface area (Å²) in [6.07, 6.45) is 16.1. The van der Waals surface area contributed by atoms with Crippen molar-refractivity contribution in [3.8, 4) is 29.4 Å². The zero-order valence-corrected chi connectivity index (χ0v) is 38.4. The van der Waals surface area contributed by atoms with Gasteiger partial charge in [0.2, 0.25) is 0 Å². The SMILES string of the molecule is C=CC(/C=C\c1nc2c(OC)cccc2c(N2CCC(CCP(O)O)CC2)c1C#N)=C\C=C/C.CC.COc1cc2ncc(C#N)c(NCc3ccc(P(O)O)cc3)c2cc1OC. The molecule has 3 heterocycles. The second-order valence-electron chi connectivity index (χ2n) is 13.9.